The van der Waals surface area contributed by atoms with Crippen LogP contribution < -0.4 is 0 Å². The Kier molecular flexibility index (Phi) is 2.78. The van der Waals surface area contributed by atoms with Crippen molar-refractivity contribution in [2.24, 2.45) is 0 Å². The van der Waals surface area contributed by atoms with Gasteiger partial charge in [-0.2, -0.15) is 0 Å². The summed E-state index contributed by atoms with van der Waals surface area (Å²) in [5, 5.41) is 5.51. The number of hydrogen-bond acceptors (Lipinski definition) is 1. The zero-order valence-electron chi connectivity index (χ0n) is 14.4. The summed E-state index contributed by atoms with van der Waals surface area (Å²) < 4.78 is 0. The summed E-state index contributed by atoms with van der Waals surface area (Å²) in [5.41, 5.74) is 6.81. The number of aryl methyl sites for hydroxylation is 1. The van der Waals surface area contributed by atoms with Crippen LogP contribution >= 0.6 is 11.3 Å². The molecule has 122 valence electrons. The molecular weight excluding hydrogens is 332 g/mol. The Labute approximate surface area is 156 Å². The van der Waals surface area contributed by atoms with Gasteiger partial charge in [0.2, 0.25) is 0 Å². The van der Waals surface area contributed by atoms with E-state index in [1.165, 1.54) is 59.1 Å². The molecule has 4 aromatic carbocycles. The standard InChI is InChI=1S/C25H16S/c1-15-16-7-2-5-10-22(16)25(26-15)23-14-13-21-18-9-4-3-8-17(18)19-11-6-12-20(23)24(19)21/h2-14H,1H3. The Hall–Kier alpha value is -2.90. The van der Waals surface area contributed by atoms with E-state index in [2.05, 4.69) is 85.8 Å². The molecule has 0 fully saturated rings. The molecule has 0 spiro atoms. The highest BCUT2D eigenvalue weighted by molar-refractivity contribution is 7.17. The summed E-state index contributed by atoms with van der Waals surface area (Å²) in [6.45, 7) is 2.23. The van der Waals surface area contributed by atoms with Gasteiger partial charge in [0, 0.05) is 20.7 Å². The number of benzene rings is 4. The summed E-state index contributed by atoms with van der Waals surface area (Å²) in [6, 6.07) is 28.9. The molecule has 0 unspecified atom stereocenters. The largest absolute Gasteiger partial charge is 0.139 e. The van der Waals surface area contributed by atoms with E-state index in [0.717, 1.165) is 0 Å². The average molecular weight is 348 g/mol. The summed E-state index contributed by atoms with van der Waals surface area (Å²) in [4.78, 5) is 2.78. The SMILES string of the molecule is Cc1sc(-c2ccc3c4c(cccc24)-c2ccccc2-3)c2ccccc12. The van der Waals surface area contributed by atoms with Gasteiger partial charge in [0.05, 0.1) is 0 Å². The Morgan fingerprint density at radius 3 is 1.88 bits per heavy atom. The lowest BCUT2D eigenvalue weighted by Crippen LogP contribution is -1.81. The Morgan fingerprint density at radius 1 is 0.500 bits per heavy atom. The molecule has 0 radical (unpaired) electrons. The van der Waals surface area contributed by atoms with Crippen LogP contribution in [-0.4, -0.2) is 0 Å². The summed E-state index contributed by atoms with van der Waals surface area (Å²) >= 11 is 1.91. The van der Waals surface area contributed by atoms with Gasteiger partial charge in [-0.15, -0.1) is 11.3 Å². The van der Waals surface area contributed by atoms with Crippen molar-refractivity contribution < 1.29 is 0 Å². The van der Waals surface area contributed by atoms with Gasteiger partial charge in [-0.05, 0) is 45.3 Å². The minimum absolute atomic E-state index is 1.35. The zero-order valence-corrected chi connectivity index (χ0v) is 15.2. The highest BCUT2D eigenvalue weighted by Crippen LogP contribution is 2.50. The number of hydrogen-bond donors (Lipinski definition) is 0. The number of rotatable bonds is 1. The quantitative estimate of drug-likeness (QED) is 0.286. The molecule has 0 atom stereocenters. The van der Waals surface area contributed by atoms with Gasteiger partial charge in [-0.1, -0.05) is 78.9 Å². The highest BCUT2D eigenvalue weighted by atomic mass is 32.1. The molecule has 1 aromatic heterocycles. The second-order valence-electron chi connectivity index (χ2n) is 6.97. The molecule has 0 nitrogen and oxygen atoms in total. The maximum atomic E-state index is 2.32. The lowest BCUT2D eigenvalue weighted by Gasteiger charge is -2.08. The van der Waals surface area contributed by atoms with Crippen molar-refractivity contribution in [3.8, 4) is 32.7 Å². The summed E-state index contributed by atoms with van der Waals surface area (Å²) in [6.07, 6.45) is 0. The molecule has 0 saturated heterocycles. The van der Waals surface area contributed by atoms with Gasteiger partial charge in [0.15, 0.2) is 0 Å². The molecule has 1 heteroatoms. The fraction of sp³-hybridized carbons (Fsp3) is 0.0400. The summed E-state index contributed by atoms with van der Waals surface area (Å²) in [5.74, 6) is 0. The maximum Gasteiger partial charge on any atom is 0.0430 e. The second-order valence-corrected chi connectivity index (χ2v) is 8.19. The topological polar surface area (TPSA) is 0 Å². The number of fused-ring (bicyclic) bond motifs is 4. The van der Waals surface area contributed by atoms with Crippen LogP contribution in [0.5, 0.6) is 0 Å². The van der Waals surface area contributed by atoms with E-state index in [4.69, 9.17) is 0 Å². The van der Waals surface area contributed by atoms with Gasteiger partial charge in [-0.3, -0.25) is 0 Å². The highest BCUT2D eigenvalue weighted by Gasteiger charge is 2.23. The van der Waals surface area contributed by atoms with Gasteiger partial charge < -0.3 is 0 Å². The molecule has 0 amide bonds. The van der Waals surface area contributed by atoms with Gasteiger partial charge in [-0.25, -0.2) is 0 Å². The average Bonchev–Trinajstić information content (AvgIpc) is 3.20. The van der Waals surface area contributed by atoms with Crippen LogP contribution in [0.1, 0.15) is 4.88 Å². The van der Waals surface area contributed by atoms with Crippen molar-refractivity contribution in [1.82, 2.24) is 0 Å². The first-order valence-electron chi connectivity index (χ1n) is 8.97. The molecule has 1 aliphatic carbocycles. The molecule has 0 bridgehead atoms. The van der Waals surface area contributed by atoms with E-state index in [9.17, 15) is 0 Å². The minimum Gasteiger partial charge on any atom is -0.139 e. The van der Waals surface area contributed by atoms with Crippen molar-refractivity contribution in [2.75, 3.05) is 0 Å². The Bertz CT molecular complexity index is 1310. The van der Waals surface area contributed by atoms with Crippen molar-refractivity contribution in [3.63, 3.8) is 0 Å². The van der Waals surface area contributed by atoms with Gasteiger partial charge >= 0.3 is 0 Å². The van der Waals surface area contributed by atoms with E-state index in [1.807, 2.05) is 11.3 Å². The van der Waals surface area contributed by atoms with Crippen LogP contribution in [0.2, 0.25) is 0 Å². The van der Waals surface area contributed by atoms with Crippen molar-refractivity contribution in [1.29, 1.82) is 0 Å². The maximum absolute atomic E-state index is 2.32. The fourth-order valence-corrected chi connectivity index (χ4v) is 5.63. The van der Waals surface area contributed by atoms with Gasteiger partial charge in [0.25, 0.3) is 0 Å². The monoisotopic (exact) mass is 348 g/mol. The number of thiophene rings is 1. The van der Waals surface area contributed by atoms with Crippen LogP contribution in [0.4, 0.5) is 0 Å². The van der Waals surface area contributed by atoms with Crippen LogP contribution in [0.25, 0.3) is 54.2 Å². The van der Waals surface area contributed by atoms with Crippen LogP contribution in [-0.2, 0) is 0 Å². The first-order chi connectivity index (χ1) is 12.8. The molecule has 26 heavy (non-hydrogen) atoms. The predicted octanol–water partition coefficient (Wildman–Crippen LogP) is 7.68. The Balaban J connectivity index is 1.74. The van der Waals surface area contributed by atoms with Crippen molar-refractivity contribution >= 4 is 32.9 Å². The third-order valence-electron chi connectivity index (χ3n) is 5.60. The molecule has 6 rings (SSSR count). The van der Waals surface area contributed by atoms with Crippen LogP contribution in [0.15, 0.2) is 78.9 Å². The van der Waals surface area contributed by atoms with Crippen molar-refractivity contribution in [2.45, 2.75) is 6.92 Å². The van der Waals surface area contributed by atoms with E-state index in [-0.39, 0.29) is 0 Å². The Morgan fingerprint density at radius 2 is 1.08 bits per heavy atom. The smallest absolute Gasteiger partial charge is 0.0430 e. The molecule has 5 aromatic rings. The van der Waals surface area contributed by atoms with E-state index in [0.29, 0.717) is 0 Å². The molecule has 1 aliphatic rings. The third kappa shape index (κ3) is 1.73. The lowest BCUT2D eigenvalue weighted by atomic mass is 9.96. The van der Waals surface area contributed by atoms with Crippen molar-refractivity contribution in [3.05, 3.63) is 83.7 Å². The van der Waals surface area contributed by atoms with Gasteiger partial charge in [0.1, 0.15) is 0 Å². The molecule has 0 aliphatic heterocycles. The summed E-state index contributed by atoms with van der Waals surface area (Å²) in [7, 11) is 0. The van der Waals surface area contributed by atoms with E-state index >= 15 is 0 Å². The lowest BCUT2D eigenvalue weighted by molar-refractivity contribution is 1.68. The van der Waals surface area contributed by atoms with E-state index in [1.54, 1.807) is 0 Å². The predicted molar refractivity (Wildman–Crippen MR) is 114 cm³/mol. The minimum atomic E-state index is 1.35. The first kappa shape index (κ1) is 14.3. The molecule has 1 heterocycles. The normalized spacial score (nSPS) is 12.0. The van der Waals surface area contributed by atoms with Crippen LogP contribution in [0, 0.1) is 6.92 Å². The molecular formula is C25H16S. The zero-order chi connectivity index (χ0) is 17.3. The first-order valence-corrected chi connectivity index (χ1v) is 9.78. The van der Waals surface area contributed by atoms with E-state index < -0.39 is 0 Å². The third-order valence-corrected chi connectivity index (χ3v) is 6.77. The van der Waals surface area contributed by atoms with Crippen LogP contribution in [0.3, 0.4) is 0 Å². The molecule has 0 N–H and O–H groups in total. The second kappa shape index (κ2) is 5.06. The fourth-order valence-electron chi connectivity index (χ4n) is 4.46. The molecule has 0 saturated carbocycles.